The van der Waals surface area contributed by atoms with Gasteiger partial charge in [0.1, 0.15) is 16.5 Å². The predicted molar refractivity (Wildman–Crippen MR) is 46.0 cm³/mol. The van der Waals surface area contributed by atoms with Crippen molar-refractivity contribution < 1.29 is 9.53 Å². The molecular formula is C7H5Cl2NO2. The fourth-order valence-electron chi connectivity index (χ4n) is 0.721. The Labute approximate surface area is 79.3 Å². The first-order valence-electron chi connectivity index (χ1n) is 3.05. The third-order valence-corrected chi connectivity index (χ3v) is 1.80. The molecule has 1 rings (SSSR count). The largest absolute Gasteiger partial charge is 0.495 e. The van der Waals surface area contributed by atoms with E-state index in [0.717, 1.165) is 0 Å². The zero-order valence-corrected chi connectivity index (χ0v) is 7.69. The first kappa shape index (κ1) is 9.29. The Balaban J connectivity index is 3.23. The molecule has 0 spiro atoms. The van der Waals surface area contributed by atoms with E-state index in [9.17, 15) is 4.79 Å². The lowest BCUT2D eigenvalue weighted by Gasteiger charge is -2.03. The Morgan fingerprint density at radius 1 is 1.67 bits per heavy atom. The van der Waals surface area contributed by atoms with Crippen LogP contribution in [0.25, 0.3) is 0 Å². The van der Waals surface area contributed by atoms with Gasteiger partial charge in [-0.2, -0.15) is 0 Å². The molecule has 1 heterocycles. The van der Waals surface area contributed by atoms with Gasteiger partial charge in [-0.1, -0.05) is 11.6 Å². The second kappa shape index (κ2) is 3.74. The first-order chi connectivity index (χ1) is 5.66. The molecule has 1 aromatic rings. The van der Waals surface area contributed by atoms with Crippen molar-refractivity contribution >= 4 is 28.4 Å². The van der Waals surface area contributed by atoms with Crippen LogP contribution in [0.4, 0.5) is 0 Å². The topological polar surface area (TPSA) is 39.2 Å². The van der Waals surface area contributed by atoms with Crippen molar-refractivity contribution in [2.75, 3.05) is 7.11 Å². The van der Waals surface area contributed by atoms with Crippen molar-refractivity contribution in [2.24, 2.45) is 0 Å². The lowest BCUT2D eigenvalue weighted by atomic mass is 10.3. The molecule has 0 N–H and O–H groups in total. The molecule has 0 bridgehead atoms. The summed E-state index contributed by atoms with van der Waals surface area (Å²) >= 11 is 10.9. The minimum Gasteiger partial charge on any atom is -0.495 e. The number of aromatic nitrogens is 1. The summed E-state index contributed by atoms with van der Waals surface area (Å²) in [6.07, 6.45) is 1.40. The summed E-state index contributed by atoms with van der Waals surface area (Å²) in [5, 5.41) is -0.557. The molecule has 0 aliphatic rings. The van der Waals surface area contributed by atoms with E-state index in [1.807, 2.05) is 0 Å². The van der Waals surface area contributed by atoms with Crippen LogP contribution in [-0.4, -0.2) is 17.3 Å². The molecule has 0 saturated heterocycles. The molecule has 5 heteroatoms. The molecule has 0 atom stereocenters. The summed E-state index contributed by atoms with van der Waals surface area (Å²) in [4.78, 5) is 14.4. The molecule has 0 saturated carbocycles. The average molecular weight is 206 g/mol. The van der Waals surface area contributed by atoms with Gasteiger partial charge in [-0.25, -0.2) is 4.98 Å². The van der Waals surface area contributed by atoms with E-state index in [4.69, 9.17) is 27.9 Å². The van der Waals surface area contributed by atoms with Crippen molar-refractivity contribution in [3.63, 3.8) is 0 Å². The number of hydrogen-bond donors (Lipinski definition) is 0. The Morgan fingerprint density at radius 2 is 2.33 bits per heavy atom. The van der Waals surface area contributed by atoms with Crippen molar-refractivity contribution in [1.82, 2.24) is 4.98 Å². The second-order valence-electron chi connectivity index (χ2n) is 1.95. The van der Waals surface area contributed by atoms with Crippen molar-refractivity contribution in [3.05, 3.63) is 23.0 Å². The molecule has 3 nitrogen and oxygen atoms in total. The van der Waals surface area contributed by atoms with E-state index in [-0.39, 0.29) is 10.7 Å². The summed E-state index contributed by atoms with van der Waals surface area (Å²) in [5.41, 5.74) is 0.0117. The number of methoxy groups -OCH3 is 1. The van der Waals surface area contributed by atoms with Crippen molar-refractivity contribution in [1.29, 1.82) is 0 Å². The number of pyridine rings is 1. The van der Waals surface area contributed by atoms with Gasteiger partial charge in [0.2, 0.25) is 0 Å². The minimum atomic E-state index is -0.695. The average Bonchev–Trinajstić information content (AvgIpc) is 2.04. The van der Waals surface area contributed by atoms with Gasteiger partial charge >= 0.3 is 0 Å². The van der Waals surface area contributed by atoms with E-state index in [0.29, 0.717) is 5.75 Å². The number of halogens is 2. The van der Waals surface area contributed by atoms with E-state index < -0.39 is 5.24 Å². The number of rotatable bonds is 2. The lowest BCUT2D eigenvalue weighted by molar-refractivity contribution is 0.107. The molecule has 0 aromatic carbocycles. The van der Waals surface area contributed by atoms with E-state index >= 15 is 0 Å². The van der Waals surface area contributed by atoms with E-state index in [2.05, 4.69) is 4.98 Å². The maximum atomic E-state index is 10.7. The molecule has 0 fully saturated rings. The minimum absolute atomic E-state index is 0.0117. The van der Waals surface area contributed by atoms with Gasteiger partial charge in [0, 0.05) is 12.3 Å². The summed E-state index contributed by atoms with van der Waals surface area (Å²) in [6, 6.07) is 1.55. The van der Waals surface area contributed by atoms with Crippen LogP contribution < -0.4 is 4.74 Å². The maximum Gasteiger partial charge on any atom is 0.272 e. The number of ether oxygens (including phenoxy) is 1. The monoisotopic (exact) mass is 205 g/mol. The molecule has 0 unspecified atom stereocenters. The third-order valence-electron chi connectivity index (χ3n) is 1.26. The van der Waals surface area contributed by atoms with Crippen LogP contribution in [-0.2, 0) is 0 Å². The smallest absolute Gasteiger partial charge is 0.272 e. The van der Waals surface area contributed by atoms with Crippen LogP contribution in [0.1, 0.15) is 10.5 Å². The SMILES string of the molecule is COc1ccnc(C(=O)Cl)c1Cl. The summed E-state index contributed by atoms with van der Waals surface area (Å²) in [5.74, 6) is 0.385. The fraction of sp³-hybridized carbons (Fsp3) is 0.143. The molecule has 1 aromatic heterocycles. The molecule has 12 heavy (non-hydrogen) atoms. The molecule has 0 aliphatic carbocycles. The lowest BCUT2D eigenvalue weighted by Crippen LogP contribution is -1.96. The van der Waals surface area contributed by atoms with Crippen LogP contribution >= 0.6 is 23.2 Å². The number of carbonyl (C=O) groups is 1. The van der Waals surface area contributed by atoms with Crippen LogP contribution in [0.5, 0.6) is 5.75 Å². The molecular weight excluding hydrogens is 201 g/mol. The Hall–Kier alpha value is -0.800. The second-order valence-corrected chi connectivity index (χ2v) is 2.67. The maximum absolute atomic E-state index is 10.7. The predicted octanol–water partition coefficient (Wildman–Crippen LogP) is 2.12. The zero-order valence-electron chi connectivity index (χ0n) is 6.17. The van der Waals surface area contributed by atoms with Crippen LogP contribution in [0, 0.1) is 0 Å². The van der Waals surface area contributed by atoms with Gasteiger partial charge in [-0.05, 0) is 11.6 Å². The van der Waals surface area contributed by atoms with Crippen molar-refractivity contribution in [3.8, 4) is 5.75 Å². The Bertz CT molecular complexity index is 314. The normalized spacial score (nSPS) is 9.58. The zero-order chi connectivity index (χ0) is 9.14. The first-order valence-corrected chi connectivity index (χ1v) is 3.80. The highest BCUT2D eigenvalue weighted by Crippen LogP contribution is 2.26. The number of nitrogens with zero attached hydrogens (tertiary/aromatic N) is 1. The van der Waals surface area contributed by atoms with Gasteiger partial charge in [0.05, 0.1) is 7.11 Å². The third kappa shape index (κ3) is 1.68. The van der Waals surface area contributed by atoms with E-state index in [1.54, 1.807) is 6.07 Å². The quantitative estimate of drug-likeness (QED) is 0.695. The summed E-state index contributed by atoms with van der Waals surface area (Å²) in [6.45, 7) is 0. The van der Waals surface area contributed by atoms with E-state index in [1.165, 1.54) is 13.3 Å². The standard InChI is InChI=1S/C7H5Cl2NO2/c1-12-4-2-3-10-6(5(4)8)7(9)11/h2-3H,1H3. The summed E-state index contributed by atoms with van der Waals surface area (Å²) < 4.78 is 4.85. The number of carbonyl (C=O) groups excluding carboxylic acids is 1. The van der Waals surface area contributed by atoms with Gasteiger partial charge in [0.25, 0.3) is 5.24 Å². The molecule has 0 amide bonds. The highest BCUT2D eigenvalue weighted by atomic mass is 35.5. The number of hydrogen-bond acceptors (Lipinski definition) is 3. The van der Waals surface area contributed by atoms with Gasteiger partial charge in [-0.3, -0.25) is 4.79 Å². The molecule has 0 aliphatic heterocycles. The Morgan fingerprint density at radius 3 is 2.83 bits per heavy atom. The van der Waals surface area contributed by atoms with Crippen molar-refractivity contribution in [2.45, 2.75) is 0 Å². The Kier molecular flexibility index (Phi) is 2.89. The van der Waals surface area contributed by atoms with Gasteiger partial charge < -0.3 is 4.74 Å². The van der Waals surface area contributed by atoms with Crippen LogP contribution in [0.2, 0.25) is 5.02 Å². The van der Waals surface area contributed by atoms with Gasteiger partial charge in [-0.15, -0.1) is 0 Å². The summed E-state index contributed by atoms with van der Waals surface area (Å²) in [7, 11) is 1.45. The van der Waals surface area contributed by atoms with Crippen LogP contribution in [0.15, 0.2) is 12.3 Å². The van der Waals surface area contributed by atoms with Gasteiger partial charge in [0.15, 0.2) is 0 Å². The molecule has 64 valence electrons. The highest BCUT2D eigenvalue weighted by Gasteiger charge is 2.12. The fourth-order valence-corrected chi connectivity index (χ4v) is 1.19. The van der Waals surface area contributed by atoms with Crippen LogP contribution in [0.3, 0.4) is 0 Å². The molecule has 0 radical (unpaired) electrons. The highest BCUT2D eigenvalue weighted by molar-refractivity contribution is 6.68.